The molecule has 0 atom stereocenters. The van der Waals surface area contributed by atoms with Crippen LogP contribution >= 0.6 is 0 Å². The van der Waals surface area contributed by atoms with Gasteiger partial charge < -0.3 is 19.5 Å². The van der Waals surface area contributed by atoms with Crippen molar-refractivity contribution in [3.05, 3.63) is 59.7 Å². The zero-order valence-corrected chi connectivity index (χ0v) is 15.9. The average molecular weight is 365 g/mol. The van der Waals surface area contributed by atoms with Crippen LogP contribution in [0.4, 0.5) is 0 Å². The van der Waals surface area contributed by atoms with Gasteiger partial charge in [-0.2, -0.15) is 0 Å². The minimum atomic E-state index is 0.0686. The first-order chi connectivity index (χ1) is 13.3. The van der Waals surface area contributed by atoms with Gasteiger partial charge in [-0.25, -0.2) is 0 Å². The van der Waals surface area contributed by atoms with Crippen molar-refractivity contribution < 1.29 is 14.2 Å². The summed E-state index contributed by atoms with van der Waals surface area (Å²) < 4.78 is 16.6. The van der Waals surface area contributed by atoms with E-state index in [1.165, 1.54) is 5.56 Å². The van der Waals surface area contributed by atoms with Crippen LogP contribution in [-0.4, -0.2) is 33.5 Å². The van der Waals surface area contributed by atoms with Crippen molar-refractivity contribution in [2.45, 2.75) is 24.8 Å². The van der Waals surface area contributed by atoms with Gasteiger partial charge in [0, 0.05) is 37.3 Å². The summed E-state index contributed by atoms with van der Waals surface area (Å²) in [6.45, 7) is 3.47. The number of terminal acetylenes is 1. The molecule has 0 aliphatic carbocycles. The highest BCUT2D eigenvalue weighted by Crippen LogP contribution is 2.35. The molecule has 27 heavy (non-hydrogen) atoms. The van der Waals surface area contributed by atoms with Crippen LogP contribution in [0, 0.1) is 12.3 Å². The number of hydrogen-bond acceptors (Lipinski definition) is 4. The van der Waals surface area contributed by atoms with Crippen LogP contribution in [0.15, 0.2) is 48.5 Å². The Kier molecular flexibility index (Phi) is 6.75. The Morgan fingerprint density at radius 2 is 1.85 bits per heavy atom. The summed E-state index contributed by atoms with van der Waals surface area (Å²) in [5, 5.41) is 3.64. The quantitative estimate of drug-likeness (QED) is 0.727. The second-order valence-electron chi connectivity index (χ2n) is 6.83. The minimum absolute atomic E-state index is 0.0686. The lowest BCUT2D eigenvalue weighted by Crippen LogP contribution is -2.42. The van der Waals surface area contributed by atoms with Crippen LogP contribution in [0.5, 0.6) is 11.5 Å². The monoisotopic (exact) mass is 365 g/mol. The number of methoxy groups -OCH3 is 1. The highest BCUT2D eigenvalue weighted by molar-refractivity contribution is 5.35. The molecule has 1 heterocycles. The van der Waals surface area contributed by atoms with E-state index < -0.39 is 0 Å². The van der Waals surface area contributed by atoms with Gasteiger partial charge in [0.25, 0.3) is 0 Å². The molecule has 4 heteroatoms. The van der Waals surface area contributed by atoms with E-state index in [0.717, 1.165) is 56.2 Å². The molecule has 0 saturated carbocycles. The van der Waals surface area contributed by atoms with Crippen molar-refractivity contribution in [3.8, 4) is 23.8 Å². The summed E-state index contributed by atoms with van der Waals surface area (Å²) in [5.74, 6) is 4.25. The van der Waals surface area contributed by atoms with Crippen LogP contribution < -0.4 is 14.8 Å². The molecule has 142 valence electrons. The second kappa shape index (κ2) is 9.45. The van der Waals surface area contributed by atoms with Gasteiger partial charge in [0.15, 0.2) is 0 Å². The number of ether oxygens (including phenoxy) is 3. The molecule has 1 saturated heterocycles. The Morgan fingerprint density at radius 3 is 2.56 bits per heavy atom. The highest BCUT2D eigenvalue weighted by Gasteiger charge is 2.34. The molecule has 1 aliphatic heterocycles. The number of rotatable bonds is 8. The van der Waals surface area contributed by atoms with Crippen molar-refractivity contribution in [3.63, 3.8) is 0 Å². The van der Waals surface area contributed by atoms with Gasteiger partial charge in [0.2, 0.25) is 0 Å². The van der Waals surface area contributed by atoms with E-state index in [-0.39, 0.29) is 12.0 Å². The number of para-hydroxylation sites is 1. The predicted octanol–water partition coefficient (Wildman–Crippen LogP) is 3.55. The van der Waals surface area contributed by atoms with Crippen molar-refractivity contribution in [2.75, 3.05) is 33.5 Å². The van der Waals surface area contributed by atoms with Crippen molar-refractivity contribution in [2.24, 2.45) is 0 Å². The number of nitrogens with one attached hydrogen (secondary N) is 1. The molecule has 0 unspecified atom stereocenters. The van der Waals surface area contributed by atoms with Crippen molar-refractivity contribution in [1.82, 2.24) is 5.32 Å². The van der Waals surface area contributed by atoms with E-state index in [9.17, 15) is 0 Å². The normalized spacial score (nSPS) is 15.7. The number of benzene rings is 2. The first-order valence-corrected chi connectivity index (χ1v) is 9.34. The van der Waals surface area contributed by atoms with Crippen molar-refractivity contribution in [1.29, 1.82) is 0 Å². The average Bonchev–Trinajstić information content (AvgIpc) is 2.74. The van der Waals surface area contributed by atoms with E-state index in [2.05, 4.69) is 29.4 Å². The predicted molar refractivity (Wildman–Crippen MR) is 107 cm³/mol. The highest BCUT2D eigenvalue weighted by atomic mass is 16.5. The zero-order chi connectivity index (χ0) is 19.0. The molecule has 1 aliphatic rings. The molecule has 0 aromatic heterocycles. The second-order valence-corrected chi connectivity index (χ2v) is 6.83. The van der Waals surface area contributed by atoms with E-state index in [1.54, 1.807) is 7.11 Å². The molecule has 0 radical (unpaired) electrons. The van der Waals surface area contributed by atoms with Gasteiger partial charge in [0.1, 0.15) is 18.1 Å². The summed E-state index contributed by atoms with van der Waals surface area (Å²) in [6, 6.07) is 16.4. The molecule has 2 aromatic rings. The third-order valence-corrected chi connectivity index (χ3v) is 5.21. The topological polar surface area (TPSA) is 39.7 Å². The van der Waals surface area contributed by atoms with Crippen LogP contribution in [0.3, 0.4) is 0 Å². The van der Waals surface area contributed by atoms with Gasteiger partial charge in [-0.3, -0.25) is 0 Å². The molecule has 0 bridgehead atoms. The Bertz CT molecular complexity index is 758. The van der Waals surface area contributed by atoms with Gasteiger partial charge in [0.05, 0.1) is 7.11 Å². The summed E-state index contributed by atoms with van der Waals surface area (Å²) in [6.07, 6.45) is 7.32. The van der Waals surface area contributed by atoms with Crippen LogP contribution in [0.1, 0.15) is 24.0 Å². The van der Waals surface area contributed by atoms with Crippen LogP contribution in [0.2, 0.25) is 0 Å². The number of hydrogen-bond donors (Lipinski definition) is 1. The summed E-state index contributed by atoms with van der Waals surface area (Å²) in [4.78, 5) is 0. The molecule has 4 nitrogen and oxygen atoms in total. The first-order valence-electron chi connectivity index (χ1n) is 9.34. The van der Waals surface area contributed by atoms with E-state index >= 15 is 0 Å². The molecule has 1 fully saturated rings. The largest absolute Gasteiger partial charge is 0.497 e. The lowest BCUT2D eigenvalue weighted by molar-refractivity contribution is 0.0497. The SMILES string of the molecule is C#CCOc1ccccc1CNCC1(c2ccc(OC)cc2)CCOCC1. The van der Waals surface area contributed by atoms with Crippen LogP contribution in [0.25, 0.3) is 0 Å². The Labute approximate surface area is 161 Å². The zero-order valence-electron chi connectivity index (χ0n) is 15.9. The molecular weight excluding hydrogens is 338 g/mol. The maximum Gasteiger partial charge on any atom is 0.148 e. The van der Waals surface area contributed by atoms with E-state index in [0.29, 0.717) is 0 Å². The summed E-state index contributed by atoms with van der Waals surface area (Å²) in [7, 11) is 1.69. The minimum Gasteiger partial charge on any atom is -0.497 e. The van der Waals surface area contributed by atoms with Crippen LogP contribution in [-0.2, 0) is 16.7 Å². The Morgan fingerprint density at radius 1 is 1.11 bits per heavy atom. The molecule has 0 amide bonds. The molecule has 2 aromatic carbocycles. The maximum atomic E-state index is 5.65. The van der Waals surface area contributed by atoms with Gasteiger partial charge in [-0.1, -0.05) is 36.3 Å². The lowest BCUT2D eigenvalue weighted by atomic mass is 9.74. The first kappa shape index (κ1) is 19.3. The fraction of sp³-hybridized carbons (Fsp3) is 0.391. The summed E-state index contributed by atoms with van der Waals surface area (Å²) >= 11 is 0. The molecule has 1 N–H and O–H groups in total. The fourth-order valence-corrected chi connectivity index (χ4v) is 3.62. The van der Waals surface area contributed by atoms with Crippen molar-refractivity contribution >= 4 is 0 Å². The molecule has 3 rings (SSSR count). The molecule has 0 spiro atoms. The smallest absolute Gasteiger partial charge is 0.148 e. The Balaban J connectivity index is 1.70. The van der Waals surface area contributed by atoms with E-state index in [4.69, 9.17) is 20.6 Å². The fourth-order valence-electron chi connectivity index (χ4n) is 3.62. The van der Waals surface area contributed by atoms with Gasteiger partial charge in [-0.15, -0.1) is 6.42 Å². The Hall–Kier alpha value is -2.48. The van der Waals surface area contributed by atoms with Gasteiger partial charge in [-0.05, 0) is 36.6 Å². The van der Waals surface area contributed by atoms with Gasteiger partial charge >= 0.3 is 0 Å². The third kappa shape index (κ3) is 4.82. The third-order valence-electron chi connectivity index (χ3n) is 5.21. The maximum absolute atomic E-state index is 5.65. The van der Waals surface area contributed by atoms with E-state index in [1.807, 2.05) is 30.3 Å². The molecular formula is C23H27NO3. The summed E-state index contributed by atoms with van der Waals surface area (Å²) in [5.41, 5.74) is 2.51. The standard InChI is InChI=1S/C23H27NO3/c1-3-14-27-22-7-5-4-6-19(22)17-24-18-23(12-15-26-16-13-23)20-8-10-21(25-2)11-9-20/h1,4-11,24H,12-18H2,2H3. The lowest BCUT2D eigenvalue weighted by Gasteiger charge is -2.38.